The van der Waals surface area contributed by atoms with Gasteiger partial charge in [-0.1, -0.05) is 12.1 Å². The average molecular weight is 296 g/mol. The molecule has 1 heterocycles. The summed E-state index contributed by atoms with van der Waals surface area (Å²) in [6.45, 7) is 0.480. The second kappa shape index (κ2) is 7.10. The largest absolute Gasteiger partial charge is 0.469 e. The molecule has 0 saturated carbocycles. The fourth-order valence-electron chi connectivity index (χ4n) is 2.06. The molecule has 0 unspecified atom stereocenters. The van der Waals surface area contributed by atoms with E-state index in [-0.39, 0.29) is 23.5 Å². The Labute approximate surface area is 121 Å². The fourth-order valence-corrected chi connectivity index (χ4v) is 2.16. The Morgan fingerprint density at radius 3 is 2.65 bits per heavy atom. The van der Waals surface area contributed by atoms with Gasteiger partial charge < -0.3 is 9.73 Å². The number of amides is 1. The van der Waals surface area contributed by atoms with E-state index < -0.39 is 0 Å². The molecule has 0 aliphatic carbocycles. The van der Waals surface area contributed by atoms with E-state index >= 15 is 0 Å². The Kier molecular flexibility index (Phi) is 5.18. The zero-order valence-corrected chi connectivity index (χ0v) is 11.6. The summed E-state index contributed by atoms with van der Waals surface area (Å²) < 4.78 is 18.4. The quantitative estimate of drug-likeness (QED) is 0.831. The summed E-state index contributed by atoms with van der Waals surface area (Å²) in [6, 6.07) is 9.98. The molecule has 0 saturated heterocycles. The van der Waals surface area contributed by atoms with E-state index in [0.717, 1.165) is 11.3 Å². The lowest BCUT2D eigenvalue weighted by molar-refractivity contribution is -0.118. The van der Waals surface area contributed by atoms with Gasteiger partial charge in [-0.25, -0.2) is 4.39 Å². The summed E-state index contributed by atoms with van der Waals surface area (Å²) in [7, 11) is 0. The van der Waals surface area contributed by atoms with Crippen molar-refractivity contribution in [3.05, 3.63) is 59.8 Å². The molecular weight excluding hydrogens is 281 g/mol. The van der Waals surface area contributed by atoms with Gasteiger partial charge in [-0.3, -0.25) is 4.79 Å². The smallest absolute Gasteiger partial charge is 0.234 e. The zero-order valence-electron chi connectivity index (χ0n) is 10.8. The molecule has 20 heavy (non-hydrogen) atoms. The Morgan fingerprint density at radius 2 is 2.05 bits per heavy atom. The first-order chi connectivity index (χ1) is 9.70. The maximum atomic E-state index is 13.0. The van der Waals surface area contributed by atoms with Gasteiger partial charge in [-0.15, -0.1) is 11.6 Å². The molecule has 0 aliphatic rings. The summed E-state index contributed by atoms with van der Waals surface area (Å²) in [5.41, 5.74) is 0.946. The second-order valence-corrected chi connectivity index (χ2v) is 4.66. The SMILES string of the molecule is O=C(CCl)NCC[C@@H](c1ccc(F)cc1)c1ccco1. The minimum Gasteiger partial charge on any atom is -0.469 e. The molecule has 1 aromatic heterocycles. The lowest BCUT2D eigenvalue weighted by Gasteiger charge is -2.15. The van der Waals surface area contributed by atoms with Gasteiger partial charge in [-0.2, -0.15) is 0 Å². The number of carbonyl (C=O) groups is 1. The molecule has 0 radical (unpaired) electrons. The number of hydrogen-bond acceptors (Lipinski definition) is 2. The van der Waals surface area contributed by atoms with Crippen LogP contribution in [0.25, 0.3) is 0 Å². The minimum atomic E-state index is -0.276. The molecule has 2 rings (SSSR count). The summed E-state index contributed by atoms with van der Waals surface area (Å²) >= 11 is 5.43. The monoisotopic (exact) mass is 295 g/mol. The molecular formula is C15H15ClFNO2. The molecule has 1 amide bonds. The highest BCUT2D eigenvalue weighted by molar-refractivity contribution is 6.27. The first kappa shape index (κ1) is 14.6. The predicted molar refractivity (Wildman–Crippen MR) is 75.3 cm³/mol. The van der Waals surface area contributed by atoms with Crippen LogP contribution < -0.4 is 5.32 Å². The molecule has 0 spiro atoms. The van der Waals surface area contributed by atoms with Gasteiger partial charge in [0.15, 0.2) is 0 Å². The normalized spacial score (nSPS) is 12.1. The number of nitrogens with one attached hydrogen (secondary N) is 1. The minimum absolute atomic E-state index is 0.0266. The van der Waals surface area contributed by atoms with Crippen LogP contribution in [0.15, 0.2) is 47.1 Å². The van der Waals surface area contributed by atoms with Crippen LogP contribution in [0.1, 0.15) is 23.7 Å². The molecule has 1 N–H and O–H groups in total. The Morgan fingerprint density at radius 1 is 1.30 bits per heavy atom. The van der Waals surface area contributed by atoms with Crippen LogP contribution in [0.5, 0.6) is 0 Å². The van der Waals surface area contributed by atoms with Crippen molar-refractivity contribution in [2.45, 2.75) is 12.3 Å². The van der Waals surface area contributed by atoms with Gasteiger partial charge in [0.2, 0.25) is 5.91 Å². The summed E-state index contributed by atoms with van der Waals surface area (Å²) in [5, 5.41) is 2.72. The van der Waals surface area contributed by atoms with Crippen molar-refractivity contribution < 1.29 is 13.6 Å². The van der Waals surface area contributed by atoms with E-state index in [0.29, 0.717) is 13.0 Å². The molecule has 3 nitrogen and oxygen atoms in total. The van der Waals surface area contributed by atoms with Gasteiger partial charge >= 0.3 is 0 Å². The van der Waals surface area contributed by atoms with Crippen LogP contribution in [0.2, 0.25) is 0 Å². The Balaban J connectivity index is 2.09. The topological polar surface area (TPSA) is 42.2 Å². The number of halogens is 2. The third kappa shape index (κ3) is 3.84. The third-order valence-corrected chi connectivity index (χ3v) is 3.28. The van der Waals surface area contributed by atoms with Gasteiger partial charge in [0.1, 0.15) is 17.5 Å². The fraction of sp³-hybridized carbons (Fsp3) is 0.267. The third-order valence-electron chi connectivity index (χ3n) is 3.04. The molecule has 5 heteroatoms. The van der Waals surface area contributed by atoms with Crippen LogP contribution in [0.3, 0.4) is 0 Å². The number of rotatable bonds is 6. The highest BCUT2D eigenvalue weighted by atomic mass is 35.5. The van der Waals surface area contributed by atoms with Crippen LogP contribution in [-0.4, -0.2) is 18.3 Å². The van der Waals surface area contributed by atoms with Gasteiger partial charge in [0.05, 0.1) is 6.26 Å². The highest BCUT2D eigenvalue weighted by Crippen LogP contribution is 2.28. The zero-order chi connectivity index (χ0) is 14.4. The molecule has 1 atom stereocenters. The van der Waals surface area contributed by atoms with Crippen LogP contribution in [-0.2, 0) is 4.79 Å². The first-order valence-corrected chi connectivity index (χ1v) is 6.85. The highest BCUT2D eigenvalue weighted by Gasteiger charge is 2.17. The van der Waals surface area contributed by atoms with E-state index in [2.05, 4.69) is 5.32 Å². The van der Waals surface area contributed by atoms with Crippen molar-refractivity contribution in [3.63, 3.8) is 0 Å². The Hall–Kier alpha value is -1.81. The summed E-state index contributed by atoms with van der Waals surface area (Å²) in [5.74, 6) is 0.228. The average Bonchev–Trinajstić information content (AvgIpc) is 2.98. The number of hydrogen-bond donors (Lipinski definition) is 1. The number of benzene rings is 1. The van der Waals surface area contributed by atoms with Crippen molar-refractivity contribution in [1.82, 2.24) is 5.32 Å². The molecule has 106 valence electrons. The molecule has 2 aromatic rings. The van der Waals surface area contributed by atoms with Crippen molar-refractivity contribution in [2.75, 3.05) is 12.4 Å². The van der Waals surface area contributed by atoms with Gasteiger partial charge in [0.25, 0.3) is 0 Å². The number of furan rings is 1. The van der Waals surface area contributed by atoms with E-state index in [9.17, 15) is 9.18 Å². The summed E-state index contributed by atoms with van der Waals surface area (Å²) in [4.78, 5) is 11.1. The van der Waals surface area contributed by atoms with Crippen LogP contribution >= 0.6 is 11.6 Å². The Bertz CT molecular complexity index is 540. The molecule has 0 fully saturated rings. The lowest BCUT2D eigenvalue weighted by Crippen LogP contribution is -2.26. The maximum absolute atomic E-state index is 13.0. The van der Waals surface area contributed by atoms with Crippen LogP contribution in [0.4, 0.5) is 4.39 Å². The van der Waals surface area contributed by atoms with Gasteiger partial charge in [0, 0.05) is 12.5 Å². The first-order valence-electron chi connectivity index (χ1n) is 6.32. The van der Waals surface area contributed by atoms with E-state index in [1.807, 2.05) is 12.1 Å². The van der Waals surface area contributed by atoms with E-state index in [4.69, 9.17) is 16.0 Å². The molecule has 0 aliphatic heterocycles. The number of carbonyl (C=O) groups excluding carboxylic acids is 1. The second-order valence-electron chi connectivity index (χ2n) is 4.39. The van der Waals surface area contributed by atoms with Crippen molar-refractivity contribution in [3.8, 4) is 0 Å². The standard InChI is InChI=1S/C15H15ClFNO2/c16-10-15(19)18-8-7-13(14-2-1-9-20-14)11-3-5-12(17)6-4-11/h1-6,9,13H,7-8,10H2,(H,18,19)/t13-/m0/s1. The van der Waals surface area contributed by atoms with E-state index in [1.165, 1.54) is 12.1 Å². The van der Waals surface area contributed by atoms with E-state index in [1.54, 1.807) is 18.4 Å². The number of alkyl halides is 1. The summed E-state index contributed by atoms with van der Waals surface area (Å²) in [6.07, 6.45) is 2.25. The maximum Gasteiger partial charge on any atom is 0.234 e. The van der Waals surface area contributed by atoms with Crippen molar-refractivity contribution >= 4 is 17.5 Å². The molecule has 1 aromatic carbocycles. The van der Waals surface area contributed by atoms with Crippen molar-refractivity contribution in [2.24, 2.45) is 0 Å². The van der Waals surface area contributed by atoms with Gasteiger partial charge in [-0.05, 0) is 36.2 Å². The van der Waals surface area contributed by atoms with Crippen LogP contribution in [0, 0.1) is 5.82 Å². The predicted octanol–water partition coefficient (Wildman–Crippen LogP) is 3.30. The molecule has 0 bridgehead atoms. The lowest BCUT2D eigenvalue weighted by atomic mass is 9.93. The van der Waals surface area contributed by atoms with Crippen molar-refractivity contribution in [1.29, 1.82) is 0 Å².